The zero-order valence-corrected chi connectivity index (χ0v) is 15.6. The average Bonchev–Trinajstić information content (AvgIpc) is 3.12. The molecule has 0 radical (unpaired) electrons. The molecule has 1 aliphatic heterocycles. The third-order valence-corrected chi connectivity index (χ3v) is 4.16. The van der Waals surface area contributed by atoms with Gasteiger partial charge in [-0.05, 0) is 26.0 Å². The minimum atomic E-state index is -0.668. The lowest BCUT2D eigenvalue weighted by Gasteiger charge is -2.14. The molecule has 1 N–H and O–H groups in total. The first-order valence-electron chi connectivity index (χ1n) is 8.54. The summed E-state index contributed by atoms with van der Waals surface area (Å²) in [5.41, 5.74) is 0.0496. The number of nitrogens with one attached hydrogen (secondary N) is 1. The van der Waals surface area contributed by atoms with Crippen molar-refractivity contribution >= 4 is 11.9 Å². The maximum atomic E-state index is 12.7. The van der Waals surface area contributed by atoms with E-state index in [-0.39, 0.29) is 17.2 Å². The van der Waals surface area contributed by atoms with Crippen LogP contribution in [0.3, 0.4) is 0 Å². The summed E-state index contributed by atoms with van der Waals surface area (Å²) in [7, 11) is 0. The van der Waals surface area contributed by atoms with Crippen LogP contribution in [0.2, 0.25) is 0 Å². The molecule has 1 aliphatic rings. The standard InChI is InChI=1S/C19H23N3O4/c1-18(2,3)17-21-15(26-22-17)12-9-7-6-8-11(12)14(23)20-13-10-19(4,5)25-16(13)24/h6-9,13H,10H2,1-5H3,(H,20,23). The summed E-state index contributed by atoms with van der Waals surface area (Å²) in [6, 6.07) is 6.28. The van der Waals surface area contributed by atoms with Crippen molar-refractivity contribution < 1.29 is 18.8 Å². The molecular weight excluding hydrogens is 334 g/mol. The lowest BCUT2D eigenvalue weighted by Crippen LogP contribution is -2.38. The second-order valence-corrected chi connectivity index (χ2v) is 8.13. The number of carbonyl (C=O) groups is 2. The lowest BCUT2D eigenvalue weighted by atomic mass is 9.96. The van der Waals surface area contributed by atoms with E-state index >= 15 is 0 Å². The summed E-state index contributed by atoms with van der Waals surface area (Å²) in [4.78, 5) is 29.1. The maximum absolute atomic E-state index is 12.7. The van der Waals surface area contributed by atoms with Crippen LogP contribution in [0, 0.1) is 0 Å². The van der Waals surface area contributed by atoms with E-state index in [1.54, 1.807) is 24.3 Å². The molecule has 7 heteroatoms. The van der Waals surface area contributed by atoms with Crippen molar-refractivity contribution in [2.45, 2.75) is 58.1 Å². The van der Waals surface area contributed by atoms with Crippen LogP contribution in [-0.4, -0.2) is 33.7 Å². The molecular formula is C19H23N3O4. The first-order valence-corrected chi connectivity index (χ1v) is 8.54. The Labute approximate surface area is 152 Å². The summed E-state index contributed by atoms with van der Waals surface area (Å²) in [5, 5.41) is 6.75. The molecule has 1 aromatic carbocycles. The molecule has 7 nitrogen and oxygen atoms in total. The second-order valence-electron chi connectivity index (χ2n) is 8.13. The van der Waals surface area contributed by atoms with E-state index in [9.17, 15) is 9.59 Å². The van der Waals surface area contributed by atoms with Crippen molar-refractivity contribution in [3.05, 3.63) is 35.7 Å². The summed E-state index contributed by atoms with van der Waals surface area (Å²) in [6.07, 6.45) is 0.425. The molecule has 1 unspecified atom stereocenters. The van der Waals surface area contributed by atoms with Crippen LogP contribution in [0.1, 0.15) is 57.2 Å². The molecule has 1 fully saturated rings. The highest BCUT2D eigenvalue weighted by Crippen LogP contribution is 2.28. The van der Waals surface area contributed by atoms with E-state index in [1.807, 2.05) is 34.6 Å². The van der Waals surface area contributed by atoms with Gasteiger partial charge in [-0.15, -0.1) is 0 Å². The quantitative estimate of drug-likeness (QED) is 0.849. The van der Waals surface area contributed by atoms with Gasteiger partial charge >= 0.3 is 5.97 Å². The van der Waals surface area contributed by atoms with Gasteiger partial charge in [0.15, 0.2) is 5.82 Å². The van der Waals surface area contributed by atoms with Crippen molar-refractivity contribution in [3.8, 4) is 11.5 Å². The van der Waals surface area contributed by atoms with E-state index in [0.29, 0.717) is 23.4 Å². The molecule has 1 atom stereocenters. The number of hydrogen-bond donors (Lipinski definition) is 1. The Morgan fingerprint density at radius 1 is 1.27 bits per heavy atom. The molecule has 0 saturated carbocycles. The predicted molar refractivity (Wildman–Crippen MR) is 94.5 cm³/mol. The molecule has 1 amide bonds. The Morgan fingerprint density at radius 2 is 1.96 bits per heavy atom. The first-order chi connectivity index (χ1) is 12.1. The van der Waals surface area contributed by atoms with Gasteiger partial charge in [-0.1, -0.05) is 38.1 Å². The number of aromatic nitrogens is 2. The Hall–Kier alpha value is -2.70. The molecule has 2 aromatic rings. The van der Waals surface area contributed by atoms with Gasteiger partial charge in [-0.2, -0.15) is 4.98 Å². The number of amides is 1. The van der Waals surface area contributed by atoms with Crippen LogP contribution in [-0.2, 0) is 14.9 Å². The topological polar surface area (TPSA) is 94.3 Å². The average molecular weight is 357 g/mol. The molecule has 1 saturated heterocycles. The van der Waals surface area contributed by atoms with Gasteiger partial charge in [0.25, 0.3) is 11.8 Å². The minimum Gasteiger partial charge on any atom is -0.458 e. The van der Waals surface area contributed by atoms with Gasteiger partial charge in [0.1, 0.15) is 11.6 Å². The van der Waals surface area contributed by atoms with E-state index in [1.165, 1.54) is 0 Å². The van der Waals surface area contributed by atoms with Crippen LogP contribution < -0.4 is 5.32 Å². The van der Waals surface area contributed by atoms with E-state index in [4.69, 9.17) is 9.26 Å². The highest BCUT2D eigenvalue weighted by atomic mass is 16.6. The van der Waals surface area contributed by atoms with Gasteiger partial charge < -0.3 is 14.6 Å². The van der Waals surface area contributed by atoms with Crippen LogP contribution in [0.4, 0.5) is 0 Å². The fourth-order valence-electron chi connectivity index (χ4n) is 2.81. The van der Waals surface area contributed by atoms with Crippen molar-refractivity contribution in [2.24, 2.45) is 0 Å². The summed E-state index contributed by atoms with van der Waals surface area (Å²) in [6.45, 7) is 9.57. The normalized spacial score (nSPS) is 19.3. The summed E-state index contributed by atoms with van der Waals surface area (Å²) >= 11 is 0. The molecule has 0 spiro atoms. The Bertz CT molecular complexity index is 848. The number of benzene rings is 1. The van der Waals surface area contributed by atoms with Crippen molar-refractivity contribution in [1.29, 1.82) is 0 Å². The van der Waals surface area contributed by atoms with Gasteiger partial charge in [0.2, 0.25) is 0 Å². The summed E-state index contributed by atoms with van der Waals surface area (Å²) in [5.74, 6) is 0.0308. The van der Waals surface area contributed by atoms with Crippen molar-refractivity contribution in [3.63, 3.8) is 0 Å². The first kappa shape index (κ1) is 18.1. The highest BCUT2D eigenvalue weighted by molar-refractivity contribution is 6.01. The van der Waals surface area contributed by atoms with E-state index in [0.717, 1.165) is 0 Å². The van der Waals surface area contributed by atoms with E-state index < -0.39 is 17.6 Å². The molecule has 26 heavy (non-hydrogen) atoms. The number of cyclic esters (lactones) is 1. The molecule has 0 aliphatic carbocycles. The molecule has 1 aromatic heterocycles. The van der Waals surface area contributed by atoms with Crippen LogP contribution in [0.25, 0.3) is 11.5 Å². The molecule has 3 rings (SSSR count). The van der Waals surface area contributed by atoms with Gasteiger partial charge in [-0.25, -0.2) is 4.79 Å². The fourth-order valence-corrected chi connectivity index (χ4v) is 2.81. The Balaban J connectivity index is 1.87. The number of ether oxygens (including phenoxy) is 1. The lowest BCUT2D eigenvalue weighted by molar-refractivity contribution is -0.147. The van der Waals surface area contributed by atoms with Crippen molar-refractivity contribution in [2.75, 3.05) is 0 Å². The third-order valence-electron chi connectivity index (χ3n) is 4.16. The Kier molecular flexibility index (Phi) is 4.34. The Morgan fingerprint density at radius 3 is 2.54 bits per heavy atom. The smallest absolute Gasteiger partial charge is 0.329 e. The van der Waals surface area contributed by atoms with Crippen LogP contribution in [0.5, 0.6) is 0 Å². The maximum Gasteiger partial charge on any atom is 0.329 e. The van der Waals surface area contributed by atoms with Crippen molar-refractivity contribution in [1.82, 2.24) is 15.5 Å². The number of carbonyl (C=O) groups excluding carboxylic acids is 2. The largest absolute Gasteiger partial charge is 0.458 e. The number of nitrogens with zero attached hydrogens (tertiary/aromatic N) is 2. The fraction of sp³-hybridized carbons (Fsp3) is 0.474. The summed E-state index contributed by atoms with van der Waals surface area (Å²) < 4.78 is 10.6. The second kappa shape index (κ2) is 6.23. The zero-order valence-electron chi connectivity index (χ0n) is 15.6. The predicted octanol–water partition coefficient (Wildman–Crippen LogP) is 2.86. The number of rotatable bonds is 3. The SMILES string of the molecule is CC1(C)CC(NC(=O)c2ccccc2-c2nc(C(C)(C)C)no2)C(=O)O1. The van der Waals surface area contributed by atoms with Crippen LogP contribution in [0.15, 0.2) is 28.8 Å². The van der Waals surface area contributed by atoms with Gasteiger partial charge in [-0.3, -0.25) is 4.79 Å². The molecule has 2 heterocycles. The van der Waals surface area contributed by atoms with Crippen LogP contribution >= 0.6 is 0 Å². The highest BCUT2D eigenvalue weighted by Gasteiger charge is 2.41. The third kappa shape index (κ3) is 3.61. The monoisotopic (exact) mass is 357 g/mol. The number of esters is 1. The van der Waals surface area contributed by atoms with Gasteiger partial charge in [0, 0.05) is 11.8 Å². The van der Waals surface area contributed by atoms with E-state index in [2.05, 4.69) is 15.5 Å². The minimum absolute atomic E-state index is 0.266. The van der Waals surface area contributed by atoms with Gasteiger partial charge in [0.05, 0.1) is 11.1 Å². The number of hydrogen-bond acceptors (Lipinski definition) is 6. The molecule has 0 bridgehead atoms. The zero-order chi connectivity index (χ0) is 19.1. The molecule has 138 valence electrons.